The molecule has 0 saturated heterocycles. The van der Waals surface area contributed by atoms with Gasteiger partial charge in [0.1, 0.15) is 0 Å². The fourth-order valence-electron chi connectivity index (χ4n) is 1.52. The van der Waals surface area contributed by atoms with Crippen molar-refractivity contribution in [3.05, 3.63) is 0 Å². The summed E-state index contributed by atoms with van der Waals surface area (Å²) in [4.78, 5) is 0. The zero-order chi connectivity index (χ0) is 13.7. The van der Waals surface area contributed by atoms with Crippen LogP contribution >= 0.6 is 0 Å². The van der Waals surface area contributed by atoms with E-state index in [4.69, 9.17) is 4.74 Å². The summed E-state index contributed by atoms with van der Waals surface area (Å²) in [6.45, 7) is 6.93. The van der Waals surface area contributed by atoms with Gasteiger partial charge < -0.3 is 10.1 Å². The molecule has 0 unspecified atom stereocenters. The summed E-state index contributed by atoms with van der Waals surface area (Å²) in [5.74, 6) is 0.571. The smallest absolute Gasteiger partial charge is 0.151 e. The lowest BCUT2D eigenvalue weighted by molar-refractivity contribution is 0.133. The molecule has 0 atom stereocenters. The molecule has 0 aromatic carbocycles. The summed E-state index contributed by atoms with van der Waals surface area (Å²) in [5.41, 5.74) is 0. The first-order valence-electron chi connectivity index (χ1n) is 7.11. The molecular weight excluding hydrogens is 250 g/mol. The molecule has 4 nitrogen and oxygen atoms in total. The Morgan fingerprint density at radius 2 is 1.61 bits per heavy atom. The molecule has 0 rings (SSSR count). The second kappa shape index (κ2) is 11.9. The molecule has 5 heteroatoms. The lowest BCUT2D eigenvalue weighted by atomic mass is 10.3. The summed E-state index contributed by atoms with van der Waals surface area (Å²) in [6, 6.07) is 0. The van der Waals surface area contributed by atoms with Crippen molar-refractivity contribution in [2.75, 3.05) is 37.8 Å². The summed E-state index contributed by atoms with van der Waals surface area (Å²) < 4.78 is 28.6. The third-order valence-corrected chi connectivity index (χ3v) is 4.45. The Labute approximate surface area is 112 Å². The van der Waals surface area contributed by atoms with Crippen LogP contribution in [0.25, 0.3) is 0 Å². The SMILES string of the molecule is CCCCCS(=O)(=O)CCNCCOCCCC. The minimum atomic E-state index is -2.86. The molecule has 110 valence electrons. The van der Waals surface area contributed by atoms with Gasteiger partial charge in [-0.3, -0.25) is 0 Å². The Morgan fingerprint density at radius 1 is 0.889 bits per heavy atom. The van der Waals surface area contributed by atoms with Crippen LogP contribution in [-0.2, 0) is 14.6 Å². The van der Waals surface area contributed by atoms with Crippen molar-refractivity contribution in [2.24, 2.45) is 0 Å². The third-order valence-electron chi connectivity index (χ3n) is 2.71. The number of unbranched alkanes of at least 4 members (excludes halogenated alkanes) is 3. The number of hydrogen-bond donors (Lipinski definition) is 1. The zero-order valence-corrected chi connectivity index (χ0v) is 12.7. The van der Waals surface area contributed by atoms with Crippen molar-refractivity contribution >= 4 is 9.84 Å². The van der Waals surface area contributed by atoms with E-state index in [9.17, 15) is 8.42 Å². The number of sulfone groups is 1. The lowest BCUT2D eigenvalue weighted by Gasteiger charge is -2.06. The fraction of sp³-hybridized carbons (Fsp3) is 1.00. The Balaban J connectivity index is 3.36. The molecule has 1 N–H and O–H groups in total. The molecule has 0 aliphatic carbocycles. The number of rotatable bonds is 13. The van der Waals surface area contributed by atoms with E-state index in [0.29, 0.717) is 18.9 Å². The second-order valence-electron chi connectivity index (χ2n) is 4.57. The minimum Gasteiger partial charge on any atom is -0.380 e. The number of ether oxygens (including phenoxy) is 1. The lowest BCUT2D eigenvalue weighted by Crippen LogP contribution is -2.27. The average Bonchev–Trinajstić information content (AvgIpc) is 2.33. The molecule has 0 spiro atoms. The molecule has 18 heavy (non-hydrogen) atoms. The van der Waals surface area contributed by atoms with E-state index in [1.807, 2.05) is 0 Å². The quantitative estimate of drug-likeness (QED) is 0.524. The van der Waals surface area contributed by atoms with Gasteiger partial charge in [-0.15, -0.1) is 0 Å². The topological polar surface area (TPSA) is 55.4 Å². The van der Waals surface area contributed by atoms with Crippen LogP contribution in [0.2, 0.25) is 0 Å². The number of hydrogen-bond acceptors (Lipinski definition) is 4. The maximum Gasteiger partial charge on any atom is 0.151 e. The highest BCUT2D eigenvalue weighted by atomic mass is 32.2. The van der Waals surface area contributed by atoms with Gasteiger partial charge in [-0.25, -0.2) is 8.42 Å². The Morgan fingerprint density at radius 3 is 2.28 bits per heavy atom. The first kappa shape index (κ1) is 17.9. The average molecular weight is 279 g/mol. The molecular formula is C13H29NO3S. The first-order valence-corrected chi connectivity index (χ1v) is 8.93. The second-order valence-corrected chi connectivity index (χ2v) is 6.88. The molecule has 0 radical (unpaired) electrons. The zero-order valence-electron chi connectivity index (χ0n) is 11.9. The summed E-state index contributed by atoms with van der Waals surface area (Å²) in [5, 5.41) is 3.10. The Hall–Kier alpha value is -0.130. The van der Waals surface area contributed by atoms with Crippen molar-refractivity contribution in [1.82, 2.24) is 5.32 Å². The van der Waals surface area contributed by atoms with Crippen LogP contribution in [0.4, 0.5) is 0 Å². The maximum absolute atomic E-state index is 11.6. The fourth-order valence-corrected chi connectivity index (χ4v) is 2.82. The largest absolute Gasteiger partial charge is 0.380 e. The minimum absolute atomic E-state index is 0.242. The molecule has 0 aromatic heterocycles. The van der Waals surface area contributed by atoms with Crippen LogP contribution in [0.3, 0.4) is 0 Å². The van der Waals surface area contributed by atoms with Crippen molar-refractivity contribution < 1.29 is 13.2 Å². The molecule has 0 aliphatic heterocycles. The molecule has 0 bridgehead atoms. The van der Waals surface area contributed by atoms with Gasteiger partial charge in [0, 0.05) is 19.7 Å². The van der Waals surface area contributed by atoms with E-state index in [1.54, 1.807) is 0 Å². The summed E-state index contributed by atoms with van der Waals surface area (Å²) in [7, 11) is -2.86. The molecule has 0 fully saturated rings. The van der Waals surface area contributed by atoms with Gasteiger partial charge in [-0.2, -0.15) is 0 Å². The van der Waals surface area contributed by atoms with E-state index in [1.165, 1.54) is 0 Å². The standard InChI is InChI=1S/C13H29NO3S/c1-3-5-7-12-18(15,16)13-9-14-8-11-17-10-6-4-2/h14H,3-13H2,1-2H3. The van der Waals surface area contributed by atoms with Crippen LogP contribution in [-0.4, -0.2) is 46.2 Å². The number of nitrogens with one attached hydrogen (secondary N) is 1. The van der Waals surface area contributed by atoms with Crippen molar-refractivity contribution in [2.45, 2.75) is 46.0 Å². The van der Waals surface area contributed by atoms with Gasteiger partial charge >= 0.3 is 0 Å². The van der Waals surface area contributed by atoms with E-state index >= 15 is 0 Å². The van der Waals surface area contributed by atoms with Gasteiger partial charge in [-0.05, 0) is 12.8 Å². The van der Waals surface area contributed by atoms with Gasteiger partial charge in [0.15, 0.2) is 9.84 Å². The van der Waals surface area contributed by atoms with Crippen molar-refractivity contribution in [3.8, 4) is 0 Å². The predicted molar refractivity (Wildman–Crippen MR) is 76.8 cm³/mol. The monoisotopic (exact) mass is 279 g/mol. The van der Waals surface area contributed by atoms with Crippen LogP contribution < -0.4 is 5.32 Å². The Kier molecular flexibility index (Phi) is 11.8. The van der Waals surface area contributed by atoms with E-state index in [2.05, 4.69) is 19.2 Å². The van der Waals surface area contributed by atoms with Crippen LogP contribution in [0.1, 0.15) is 46.0 Å². The van der Waals surface area contributed by atoms with Gasteiger partial charge in [0.2, 0.25) is 0 Å². The van der Waals surface area contributed by atoms with Gasteiger partial charge in [0.05, 0.1) is 18.1 Å². The normalized spacial score (nSPS) is 11.9. The molecule has 0 aromatic rings. The van der Waals surface area contributed by atoms with Crippen molar-refractivity contribution in [3.63, 3.8) is 0 Å². The summed E-state index contributed by atoms with van der Waals surface area (Å²) >= 11 is 0. The van der Waals surface area contributed by atoms with Crippen LogP contribution in [0.5, 0.6) is 0 Å². The molecule has 0 aliphatic rings. The van der Waals surface area contributed by atoms with Crippen LogP contribution in [0, 0.1) is 0 Å². The summed E-state index contributed by atoms with van der Waals surface area (Å²) in [6.07, 6.45) is 5.08. The van der Waals surface area contributed by atoms with Gasteiger partial charge in [-0.1, -0.05) is 33.1 Å². The molecule has 0 heterocycles. The van der Waals surface area contributed by atoms with Crippen LogP contribution in [0.15, 0.2) is 0 Å². The first-order chi connectivity index (χ1) is 8.62. The molecule has 0 saturated carbocycles. The highest BCUT2D eigenvalue weighted by Gasteiger charge is 2.09. The molecule has 0 amide bonds. The third kappa shape index (κ3) is 12.3. The predicted octanol–water partition coefficient (Wildman–Crippen LogP) is 2.00. The van der Waals surface area contributed by atoms with E-state index in [0.717, 1.165) is 45.3 Å². The van der Waals surface area contributed by atoms with Gasteiger partial charge in [0.25, 0.3) is 0 Å². The Bertz CT molecular complexity index is 265. The van der Waals surface area contributed by atoms with E-state index < -0.39 is 9.84 Å². The van der Waals surface area contributed by atoms with Crippen molar-refractivity contribution in [1.29, 1.82) is 0 Å². The van der Waals surface area contributed by atoms with E-state index in [-0.39, 0.29) is 5.75 Å². The highest BCUT2D eigenvalue weighted by Crippen LogP contribution is 1.99. The maximum atomic E-state index is 11.6. The highest BCUT2D eigenvalue weighted by molar-refractivity contribution is 7.91.